The summed E-state index contributed by atoms with van der Waals surface area (Å²) < 4.78 is 0. The van der Waals surface area contributed by atoms with E-state index in [1.54, 1.807) is 9.80 Å². The van der Waals surface area contributed by atoms with E-state index in [-0.39, 0.29) is 0 Å². The van der Waals surface area contributed by atoms with Gasteiger partial charge in [0.25, 0.3) is 0 Å². The predicted octanol–water partition coefficient (Wildman–Crippen LogP) is -3.27. The molecule has 0 aliphatic carbocycles. The minimum absolute atomic E-state index is 0.303. The van der Waals surface area contributed by atoms with Crippen LogP contribution in [0.3, 0.4) is 0 Å². The first-order valence-corrected chi connectivity index (χ1v) is 5.67. The van der Waals surface area contributed by atoms with Crippen LogP contribution in [-0.2, 0) is 0 Å². The Morgan fingerprint density at radius 2 is 1.86 bits per heavy atom. The van der Waals surface area contributed by atoms with Crippen molar-refractivity contribution in [1.82, 2.24) is 0 Å². The van der Waals surface area contributed by atoms with Gasteiger partial charge in [0.15, 0.2) is 0 Å². The second-order valence-corrected chi connectivity index (χ2v) is 5.53. The van der Waals surface area contributed by atoms with Crippen molar-refractivity contribution in [2.45, 2.75) is 6.92 Å². The lowest BCUT2D eigenvalue weighted by Crippen LogP contribution is -3.16. The van der Waals surface area contributed by atoms with Gasteiger partial charge in [-0.05, 0) is 6.92 Å². The Kier molecular flexibility index (Phi) is 1.67. The van der Waals surface area contributed by atoms with E-state index in [9.17, 15) is 0 Å². The first kappa shape index (κ1) is 8.68. The maximum atomic E-state index is 5.56. The van der Waals surface area contributed by atoms with Crippen molar-refractivity contribution >= 4 is 5.71 Å². The summed E-state index contributed by atoms with van der Waals surface area (Å²) in [5.41, 5.74) is 1.61. The van der Waals surface area contributed by atoms with Crippen LogP contribution in [0, 0.1) is 11.3 Å². The van der Waals surface area contributed by atoms with E-state index in [0.29, 0.717) is 11.3 Å². The summed E-state index contributed by atoms with van der Waals surface area (Å²) in [4.78, 5) is 3.55. The molecule has 4 fully saturated rings. The molecule has 4 heteroatoms. The predicted molar refractivity (Wildman–Crippen MR) is 54.3 cm³/mol. The molecule has 0 aromatic rings. The maximum absolute atomic E-state index is 5.56. The summed E-state index contributed by atoms with van der Waals surface area (Å²) in [6.07, 6.45) is 0. The molecular weight excluding hydrogens is 176 g/mol. The van der Waals surface area contributed by atoms with Gasteiger partial charge in [-0.25, -0.2) is 0 Å². The quantitative estimate of drug-likeness (QED) is 0.276. The van der Waals surface area contributed by atoms with Gasteiger partial charge in [0, 0.05) is 0 Å². The fraction of sp³-hybridized carbons (Fsp3) is 0.900. The normalized spacial score (nSPS) is 53.8. The molecule has 4 heterocycles. The van der Waals surface area contributed by atoms with Crippen molar-refractivity contribution in [3.63, 3.8) is 0 Å². The fourth-order valence-corrected chi connectivity index (χ4v) is 3.94. The highest BCUT2D eigenvalue weighted by atomic mass is 15.3. The standard InChI is InChI=1S/C10H18N4/c1-10-6-13-2-3-14(7-10)5-8(4-13)9(10)12-11/h8H,2-7,11H2,1H3/p+2/b12-9-. The van der Waals surface area contributed by atoms with Crippen LogP contribution in [0.1, 0.15) is 6.92 Å². The molecule has 2 atom stereocenters. The molecule has 0 spiro atoms. The van der Waals surface area contributed by atoms with Crippen molar-refractivity contribution in [3.8, 4) is 0 Å². The van der Waals surface area contributed by atoms with Gasteiger partial charge in [0.05, 0.1) is 37.8 Å². The molecule has 78 valence electrons. The highest BCUT2D eigenvalue weighted by molar-refractivity contribution is 5.93. The van der Waals surface area contributed by atoms with E-state index in [4.69, 9.17) is 5.84 Å². The molecule has 0 saturated carbocycles. The molecule has 4 N–H and O–H groups in total. The van der Waals surface area contributed by atoms with Gasteiger partial charge in [0.1, 0.15) is 18.5 Å². The number of nitrogens with one attached hydrogen (secondary N) is 2. The molecule has 0 aromatic heterocycles. The number of quaternary nitrogens is 2. The smallest absolute Gasteiger partial charge is 0.127 e. The number of rotatable bonds is 0. The Hall–Kier alpha value is -0.610. The molecule has 2 unspecified atom stereocenters. The van der Waals surface area contributed by atoms with Gasteiger partial charge in [-0.2, -0.15) is 5.10 Å². The topological polar surface area (TPSA) is 47.3 Å². The third-order valence-corrected chi connectivity index (χ3v) is 4.33. The van der Waals surface area contributed by atoms with Crippen LogP contribution in [0.5, 0.6) is 0 Å². The van der Waals surface area contributed by atoms with E-state index >= 15 is 0 Å². The zero-order valence-electron chi connectivity index (χ0n) is 8.84. The molecular formula is C10H20N4+2. The van der Waals surface area contributed by atoms with Crippen molar-refractivity contribution in [2.24, 2.45) is 22.3 Å². The molecule has 0 amide bonds. The van der Waals surface area contributed by atoms with Crippen LogP contribution < -0.4 is 15.6 Å². The van der Waals surface area contributed by atoms with Gasteiger partial charge in [0.2, 0.25) is 0 Å². The van der Waals surface area contributed by atoms with Gasteiger partial charge in [-0.15, -0.1) is 0 Å². The van der Waals surface area contributed by atoms with Gasteiger partial charge in [-0.3, -0.25) is 0 Å². The number of piperidine rings is 2. The van der Waals surface area contributed by atoms with E-state index < -0.39 is 0 Å². The van der Waals surface area contributed by atoms with Crippen molar-refractivity contribution in [2.75, 3.05) is 39.3 Å². The lowest BCUT2D eigenvalue weighted by Gasteiger charge is -2.43. The molecule has 4 nitrogen and oxygen atoms in total. The van der Waals surface area contributed by atoms with Crippen LogP contribution in [-0.4, -0.2) is 45.0 Å². The average molecular weight is 196 g/mol. The molecule has 4 aliphatic rings. The summed E-state index contributed by atoms with van der Waals surface area (Å²) >= 11 is 0. The minimum Gasteiger partial charge on any atom is -0.329 e. The van der Waals surface area contributed by atoms with Gasteiger partial charge < -0.3 is 15.6 Å². The molecule has 0 aromatic carbocycles. The first-order chi connectivity index (χ1) is 6.71. The summed E-state index contributed by atoms with van der Waals surface area (Å²) in [6, 6.07) is 0. The number of nitrogens with two attached hydrogens (primary N) is 1. The monoisotopic (exact) mass is 196 g/mol. The summed E-state index contributed by atoms with van der Waals surface area (Å²) in [5, 5.41) is 4.09. The van der Waals surface area contributed by atoms with Crippen LogP contribution >= 0.6 is 0 Å². The molecule has 14 heavy (non-hydrogen) atoms. The Bertz CT molecular complexity index is 270. The maximum Gasteiger partial charge on any atom is 0.127 e. The average Bonchev–Trinajstić information content (AvgIpc) is 2.32. The number of hydrazone groups is 1. The van der Waals surface area contributed by atoms with Crippen LogP contribution in [0.2, 0.25) is 0 Å². The second-order valence-electron chi connectivity index (χ2n) is 5.53. The summed E-state index contributed by atoms with van der Waals surface area (Å²) in [5.74, 6) is 6.23. The second kappa shape index (κ2) is 2.70. The van der Waals surface area contributed by atoms with Gasteiger partial charge >= 0.3 is 0 Å². The number of hydrogen-bond donors (Lipinski definition) is 3. The van der Waals surface area contributed by atoms with E-state index in [2.05, 4.69) is 12.0 Å². The number of nitrogens with zero attached hydrogens (tertiary/aromatic N) is 1. The Balaban J connectivity index is 2.03. The largest absolute Gasteiger partial charge is 0.329 e. The highest BCUT2D eigenvalue weighted by Crippen LogP contribution is 2.25. The molecule has 4 rings (SSSR count). The van der Waals surface area contributed by atoms with E-state index in [1.807, 2.05) is 0 Å². The van der Waals surface area contributed by atoms with Crippen molar-refractivity contribution in [3.05, 3.63) is 0 Å². The molecule has 4 aliphatic heterocycles. The van der Waals surface area contributed by atoms with Gasteiger partial charge in [-0.1, -0.05) is 0 Å². The number of hydrogen-bond acceptors (Lipinski definition) is 2. The zero-order chi connectivity index (χ0) is 9.76. The Morgan fingerprint density at radius 3 is 2.29 bits per heavy atom. The van der Waals surface area contributed by atoms with Crippen LogP contribution in [0.4, 0.5) is 0 Å². The molecule has 4 bridgehead atoms. The zero-order valence-corrected chi connectivity index (χ0v) is 8.84. The van der Waals surface area contributed by atoms with Crippen molar-refractivity contribution in [1.29, 1.82) is 0 Å². The Morgan fingerprint density at radius 1 is 1.29 bits per heavy atom. The first-order valence-electron chi connectivity index (χ1n) is 5.67. The third kappa shape index (κ3) is 1.04. The molecule has 0 radical (unpaired) electrons. The lowest BCUT2D eigenvalue weighted by atomic mass is 9.72. The van der Waals surface area contributed by atoms with Crippen molar-refractivity contribution < 1.29 is 9.80 Å². The van der Waals surface area contributed by atoms with E-state index in [1.165, 1.54) is 45.0 Å². The molecule has 4 saturated heterocycles. The highest BCUT2D eigenvalue weighted by Gasteiger charge is 2.54. The van der Waals surface area contributed by atoms with Crippen LogP contribution in [0.25, 0.3) is 0 Å². The summed E-state index contributed by atoms with van der Waals surface area (Å²) in [7, 11) is 0. The van der Waals surface area contributed by atoms with Crippen LogP contribution in [0.15, 0.2) is 5.10 Å². The fourth-order valence-electron chi connectivity index (χ4n) is 3.94. The summed E-state index contributed by atoms with van der Waals surface area (Å²) in [6.45, 7) is 10.1. The van der Waals surface area contributed by atoms with E-state index in [0.717, 1.165) is 0 Å². The number of fused-ring (bicyclic) bond motifs is 1. The SMILES string of the molecule is CC12C[NH+]3CC[NH+](CC(C3)/C1=N/N)C2. The minimum atomic E-state index is 0.303. The Labute approximate surface area is 84.7 Å². The lowest BCUT2D eigenvalue weighted by molar-refractivity contribution is -0.918. The third-order valence-electron chi connectivity index (χ3n) is 4.33.